The second-order valence-electron chi connectivity index (χ2n) is 6.02. The van der Waals surface area contributed by atoms with Crippen LogP contribution in [0.4, 0.5) is 5.69 Å². The number of benzene rings is 1. The van der Waals surface area contributed by atoms with Crippen LogP contribution >= 0.6 is 0 Å². The van der Waals surface area contributed by atoms with Crippen molar-refractivity contribution in [1.29, 1.82) is 0 Å². The Morgan fingerprint density at radius 3 is 2.96 bits per heavy atom. The molecule has 1 spiro atoms. The number of hydrogen-bond donors (Lipinski definition) is 2. The third kappa shape index (κ3) is 3.14. The minimum Gasteiger partial charge on any atom is -0.493 e. The van der Waals surface area contributed by atoms with Crippen molar-refractivity contribution in [1.82, 2.24) is 4.31 Å². The normalized spacial score (nSPS) is 24.2. The molecule has 9 nitrogen and oxygen atoms in total. The van der Waals surface area contributed by atoms with Crippen LogP contribution in [0, 0.1) is 0 Å². The van der Waals surface area contributed by atoms with E-state index in [0.717, 1.165) is 4.31 Å². The first-order chi connectivity index (χ1) is 11.8. The van der Waals surface area contributed by atoms with Crippen LogP contribution in [0.5, 0.6) is 5.75 Å². The van der Waals surface area contributed by atoms with Crippen LogP contribution in [-0.2, 0) is 25.1 Å². The van der Waals surface area contributed by atoms with Gasteiger partial charge in [-0.15, -0.1) is 0 Å². The van der Waals surface area contributed by atoms with Gasteiger partial charge in [-0.25, -0.2) is 17.7 Å². The number of nitrogens with zero attached hydrogens (tertiary/aromatic N) is 2. The third-order valence-electron chi connectivity index (χ3n) is 4.30. The molecule has 1 aromatic carbocycles. The second kappa shape index (κ2) is 6.19. The van der Waals surface area contributed by atoms with Gasteiger partial charge in [0.1, 0.15) is 17.9 Å². The molecule has 0 bridgehead atoms. The maximum Gasteiger partial charge on any atom is 0.250 e. The van der Waals surface area contributed by atoms with Gasteiger partial charge in [-0.3, -0.25) is 4.79 Å². The van der Waals surface area contributed by atoms with Gasteiger partial charge in [-0.1, -0.05) is 0 Å². The summed E-state index contributed by atoms with van der Waals surface area (Å²) in [4.78, 5) is 16.2. The fourth-order valence-corrected chi connectivity index (χ4v) is 4.51. The average Bonchev–Trinajstić information content (AvgIpc) is 2.53. The van der Waals surface area contributed by atoms with Gasteiger partial charge in [0.05, 0.1) is 12.4 Å². The molecule has 0 aliphatic carbocycles. The van der Waals surface area contributed by atoms with Crippen molar-refractivity contribution in [2.45, 2.75) is 12.0 Å². The van der Waals surface area contributed by atoms with Crippen molar-refractivity contribution < 1.29 is 22.7 Å². The van der Waals surface area contributed by atoms with Gasteiger partial charge in [0.15, 0.2) is 0 Å². The highest BCUT2D eigenvalue weighted by Gasteiger charge is 2.46. The quantitative estimate of drug-likeness (QED) is 0.764. The predicted molar refractivity (Wildman–Crippen MR) is 91.9 cm³/mol. The summed E-state index contributed by atoms with van der Waals surface area (Å²) in [5.74, 6) is -0.0456. The highest BCUT2D eigenvalue weighted by Crippen LogP contribution is 2.44. The largest absolute Gasteiger partial charge is 0.493 e. The highest BCUT2D eigenvalue weighted by molar-refractivity contribution is 7.89. The van der Waals surface area contributed by atoms with E-state index in [-0.39, 0.29) is 24.2 Å². The summed E-state index contributed by atoms with van der Waals surface area (Å²) in [5.41, 5.74) is 5.92. The third-order valence-corrected chi connectivity index (χ3v) is 6.17. The number of aliphatic imine (C=N–C) groups is 1. The zero-order chi connectivity index (χ0) is 18.2. The van der Waals surface area contributed by atoms with E-state index in [2.05, 4.69) is 10.3 Å². The van der Waals surface area contributed by atoms with E-state index in [1.54, 1.807) is 18.2 Å². The zero-order valence-corrected chi connectivity index (χ0v) is 14.8. The lowest BCUT2D eigenvalue weighted by Crippen LogP contribution is -2.52. The molecule has 3 rings (SSSR count). The smallest absolute Gasteiger partial charge is 0.250 e. The van der Waals surface area contributed by atoms with Crippen molar-refractivity contribution in [3.8, 4) is 5.75 Å². The van der Waals surface area contributed by atoms with E-state index in [9.17, 15) is 13.2 Å². The minimum atomic E-state index is -3.59. The number of fused-ring (bicyclic) bond motifs is 2. The summed E-state index contributed by atoms with van der Waals surface area (Å²) in [6.07, 6.45) is 0.378. The maximum atomic E-state index is 12.5. The van der Waals surface area contributed by atoms with E-state index in [1.807, 2.05) is 0 Å². The Morgan fingerprint density at radius 2 is 2.28 bits per heavy atom. The predicted octanol–water partition coefficient (Wildman–Crippen LogP) is -0.161. The number of nitrogens with two attached hydrogens (primary N) is 1. The van der Waals surface area contributed by atoms with Crippen molar-refractivity contribution in [2.24, 2.45) is 10.7 Å². The molecule has 2 heterocycles. The molecule has 2 aliphatic rings. The monoisotopic (exact) mass is 368 g/mol. The van der Waals surface area contributed by atoms with Crippen LogP contribution in [0.15, 0.2) is 23.2 Å². The zero-order valence-electron chi connectivity index (χ0n) is 14.0. The number of methoxy groups -OCH3 is 1. The molecule has 0 unspecified atom stereocenters. The number of guanidine groups is 1. The average molecular weight is 368 g/mol. The fourth-order valence-electron chi connectivity index (χ4n) is 3.02. The molecule has 136 valence electrons. The molecule has 1 atom stereocenters. The van der Waals surface area contributed by atoms with Crippen LogP contribution in [0.3, 0.4) is 0 Å². The van der Waals surface area contributed by atoms with E-state index in [0.29, 0.717) is 30.0 Å². The molecular formula is C15H20N4O5S. The molecule has 25 heavy (non-hydrogen) atoms. The van der Waals surface area contributed by atoms with Gasteiger partial charge in [0.2, 0.25) is 21.9 Å². The number of nitrogens with one attached hydrogen (secondary N) is 1. The molecule has 1 amide bonds. The number of ether oxygens (including phenoxy) is 2. The standard InChI is InChI=1S/C15H20N4O5S/c1-19-14(16)18-15(9-25(19,21)22)5-6-24-12-4-3-10(7-11(12)15)17-13(20)8-23-2/h3-4,7H,5-6,8-9H2,1-2H3,(H2,16,18)(H,17,20)/t15-/m0/s1. The summed E-state index contributed by atoms with van der Waals surface area (Å²) in [6.45, 7) is 0.251. The van der Waals surface area contributed by atoms with E-state index >= 15 is 0 Å². The van der Waals surface area contributed by atoms with Crippen LogP contribution in [0.1, 0.15) is 12.0 Å². The van der Waals surface area contributed by atoms with Crippen LogP contribution < -0.4 is 15.8 Å². The number of amides is 1. The lowest BCUT2D eigenvalue weighted by molar-refractivity contribution is -0.119. The van der Waals surface area contributed by atoms with Crippen molar-refractivity contribution in [2.75, 3.05) is 38.4 Å². The number of carbonyl (C=O) groups is 1. The lowest BCUT2D eigenvalue weighted by atomic mass is 9.86. The maximum absolute atomic E-state index is 12.5. The molecule has 0 radical (unpaired) electrons. The Balaban J connectivity index is 2.05. The van der Waals surface area contributed by atoms with Crippen molar-refractivity contribution >= 4 is 27.6 Å². The Morgan fingerprint density at radius 1 is 1.52 bits per heavy atom. The lowest BCUT2D eigenvalue weighted by Gasteiger charge is -2.40. The molecule has 10 heteroatoms. The first-order valence-electron chi connectivity index (χ1n) is 7.65. The summed E-state index contributed by atoms with van der Waals surface area (Å²) in [7, 11) is -0.787. The number of carbonyl (C=O) groups excluding carboxylic acids is 1. The second-order valence-corrected chi connectivity index (χ2v) is 8.02. The van der Waals surface area contributed by atoms with E-state index < -0.39 is 15.6 Å². The number of rotatable bonds is 3. The van der Waals surface area contributed by atoms with Crippen LogP contribution in [0.2, 0.25) is 0 Å². The number of sulfonamides is 1. The van der Waals surface area contributed by atoms with Crippen LogP contribution in [-0.4, -0.2) is 57.7 Å². The Bertz CT molecular complexity index is 838. The Labute approximate surface area is 145 Å². The number of hydrogen-bond acceptors (Lipinski definition) is 7. The molecule has 0 saturated heterocycles. The van der Waals surface area contributed by atoms with Gasteiger partial charge in [0, 0.05) is 31.8 Å². The van der Waals surface area contributed by atoms with Crippen molar-refractivity contribution in [3.63, 3.8) is 0 Å². The molecule has 0 saturated carbocycles. The summed E-state index contributed by atoms with van der Waals surface area (Å²) in [5, 5.41) is 2.70. The van der Waals surface area contributed by atoms with Crippen molar-refractivity contribution in [3.05, 3.63) is 23.8 Å². The molecule has 3 N–H and O–H groups in total. The van der Waals surface area contributed by atoms with Gasteiger partial charge in [-0.05, 0) is 18.2 Å². The molecule has 2 aliphatic heterocycles. The molecule has 0 fully saturated rings. The summed E-state index contributed by atoms with van der Waals surface area (Å²) >= 11 is 0. The van der Waals surface area contributed by atoms with Gasteiger partial charge < -0.3 is 20.5 Å². The van der Waals surface area contributed by atoms with Gasteiger partial charge in [-0.2, -0.15) is 0 Å². The first-order valence-corrected chi connectivity index (χ1v) is 9.26. The fraction of sp³-hybridized carbons (Fsp3) is 0.467. The summed E-state index contributed by atoms with van der Waals surface area (Å²) in [6, 6.07) is 5.05. The molecular weight excluding hydrogens is 348 g/mol. The van der Waals surface area contributed by atoms with E-state index in [4.69, 9.17) is 15.2 Å². The Hall–Kier alpha value is -2.33. The topological polar surface area (TPSA) is 123 Å². The van der Waals surface area contributed by atoms with Gasteiger partial charge >= 0.3 is 0 Å². The highest BCUT2D eigenvalue weighted by atomic mass is 32.2. The molecule has 1 aromatic rings. The first kappa shape index (κ1) is 17.5. The summed E-state index contributed by atoms with van der Waals surface area (Å²) < 4.78 is 36.3. The van der Waals surface area contributed by atoms with Gasteiger partial charge in [0.25, 0.3) is 0 Å². The van der Waals surface area contributed by atoms with E-state index in [1.165, 1.54) is 14.2 Å². The van der Waals surface area contributed by atoms with Crippen LogP contribution in [0.25, 0.3) is 0 Å². The Kier molecular flexibility index (Phi) is 4.33. The SMILES string of the molecule is COCC(=O)Nc1ccc2c(c1)[C@]1(CCO2)CS(=O)(=O)N(C)C(N)=N1. The molecule has 0 aromatic heterocycles. The minimum absolute atomic E-state index is 0.0621. The number of anilines is 1.